The normalized spacial score (nSPS) is 10.5. The van der Waals surface area contributed by atoms with Gasteiger partial charge in [-0.15, -0.1) is 0 Å². The first kappa shape index (κ1) is 24.9. The van der Waals surface area contributed by atoms with Crippen molar-refractivity contribution in [1.29, 1.82) is 0 Å². The summed E-state index contributed by atoms with van der Waals surface area (Å²) in [6.45, 7) is 3.50. The number of non-ortho nitro benzene ring substituents is 1. The molecule has 1 heterocycles. The standard InChI is InChI=1S/C26H21N3O8/c1-16-3-6-20(7-4-16)36-22-13-18(12-19(14-22)28(31)32)27-26(30)25-10-8-21(37-25)15-35-24-9-5-17(2)11-23(24)29(33)34/h3-14H,15H2,1-2H3,(H,27,30). The Labute approximate surface area is 210 Å². The minimum atomic E-state index is -0.658. The van der Waals surface area contributed by atoms with Crippen LogP contribution in [0.15, 0.2) is 77.2 Å². The Morgan fingerprint density at radius 3 is 2.30 bits per heavy atom. The van der Waals surface area contributed by atoms with Crippen molar-refractivity contribution in [3.8, 4) is 17.2 Å². The third-order valence-corrected chi connectivity index (χ3v) is 5.18. The number of furan rings is 1. The van der Waals surface area contributed by atoms with E-state index >= 15 is 0 Å². The second-order valence-corrected chi connectivity index (χ2v) is 8.12. The topological polar surface area (TPSA) is 147 Å². The monoisotopic (exact) mass is 503 g/mol. The zero-order chi connectivity index (χ0) is 26.5. The number of nitrogens with one attached hydrogen (secondary N) is 1. The van der Waals surface area contributed by atoms with Crippen molar-refractivity contribution in [3.63, 3.8) is 0 Å². The molecule has 0 unspecified atom stereocenters. The lowest BCUT2D eigenvalue weighted by atomic mass is 10.2. The Morgan fingerprint density at radius 2 is 1.59 bits per heavy atom. The molecule has 11 heteroatoms. The van der Waals surface area contributed by atoms with E-state index in [0.29, 0.717) is 11.3 Å². The van der Waals surface area contributed by atoms with Crippen LogP contribution < -0.4 is 14.8 Å². The maximum absolute atomic E-state index is 12.7. The van der Waals surface area contributed by atoms with Crippen molar-refractivity contribution >= 4 is 23.0 Å². The molecule has 4 rings (SSSR count). The molecular formula is C26H21N3O8. The summed E-state index contributed by atoms with van der Waals surface area (Å²) in [5.41, 5.74) is 1.42. The molecular weight excluding hydrogens is 482 g/mol. The van der Waals surface area contributed by atoms with Gasteiger partial charge in [0, 0.05) is 18.2 Å². The van der Waals surface area contributed by atoms with Gasteiger partial charge in [-0.25, -0.2) is 0 Å². The summed E-state index contributed by atoms with van der Waals surface area (Å²) in [5.74, 6) is 0.228. The van der Waals surface area contributed by atoms with Gasteiger partial charge < -0.3 is 19.2 Å². The predicted octanol–water partition coefficient (Wildman–Crippen LogP) is 6.34. The van der Waals surface area contributed by atoms with Crippen LogP contribution in [0, 0.1) is 34.1 Å². The third-order valence-electron chi connectivity index (χ3n) is 5.18. The lowest BCUT2D eigenvalue weighted by molar-refractivity contribution is -0.386. The van der Waals surface area contributed by atoms with Crippen LogP contribution >= 0.6 is 0 Å². The van der Waals surface area contributed by atoms with Gasteiger partial charge in [-0.1, -0.05) is 23.8 Å². The number of hydrogen-bond donors (Lipinski definition) is 1. The van der Waals surface area contributed by atoms with E-state index in [9.17, 15) is 25.0 Å². The van der Waals surface area contributed by atoms with Crippen molar-refractivity contribution < 1.29 is 28.5 Å². The molecule has 37 heavy (non-hydrogen) atoms. The highest BCUT2D eigenvalue weighted by molar-refractivity contribution is 6.02. The molecule has 0 saturated carbocycles. The van der Waals surface area contributed by atoms with Gasteiger partial charge in [0.05, 0.1) is 21.6 Å². The number of nitro groups is 2. The minimum Gasteiger partial charge on any atom is -0.479 e. The smallest absolute Gasteiger partial charge is 0.311 e. The summed E-state index contributed by atoms with van der Waals surface area (Å²) in [5, 5.41) is 25.2. The van der Waals surface area contributed by atoms with Crippen LogP contribution in [-0.4, -0.2) is 15.8 Å². The highest BCUT2D eigenvalue weighted by Gasteiger charge is 2.18. The Morgan fingerprint density at radius 1 is 0.865 bits per heavy atom. The van der Waals surface area contributed by atoms with E-state index in [2.05, 4.69) is 5.32 Å². The molecule has 1 amide bonds. The average molecular weight is 503 g/mol. The number of ether oxygens (including phenoxy) is 2. The minimum absolute atomic E-state index is 0.0655. The van der Waals surface area contributed by atoms with E-state index in [0.717, 1.165) is 5.56 Å². The van der Waals surface area contributed by atoms with Crippen LogP contribution in [0.3, 0.4) is 0 Å². The first-order valence-corrected chi connectivity index (χ1v) is 11.0. The first-order chi connectivity index (χ1) is 17.7. The molecule has 0 saturated heterocycles. The zero-order valence-electron chi connectivity index (χ0n) is 19.8. The molecule has 1 N–H and O–H groups in total. The molecule has 11 nitrogen and oxygen atoms in total. The van der Waals surface area contributed by atoms with E-state index in [1.54, 1.807) is 25.1 Å². The predicted molar refractivity (Wildman–Crippen MR) is 133 cm³/mol. The summed E-state index contributed by atoms with van der Waals surface area (Å²) in [6.07, 6.45) is 0. The Hall–Kier alpha value is -5.19. The summed E-state index contributed by atoms with van der Waals surface area (Å²) in [6, 6.07) is 18.5. The largest absolute Gasteiger partial charge is 0.479 e. The van der Waals surface area contributed by atoms with E-state index < -0.39 is 15.8 Å². The number of amides is 1. The van der Waals surface area contributed by atoms with E-state index in [1.807, 2.05) is 19.1 Å². The van der Waals surface area contributed by atoms with E-state index in [1.165, 1.54) is 42.5 Å². The van der Waals surface area contributed by atoms with Gasteiger partial charge in [-0.2, -0.15) is 0 Å². The zero-order valence-corrected chi connectivity index (χ0v) is 19.8. The van der Waals surface area contributed by atoms with Crippen molar-refractivity contribution in [2.45, 2.75) is 20.5 Å². The lowest BCUT2D eigenvalue weighted by Gasteiger charge is -2.09. The van der Waals surface area contributed by atoms with Crippen LogP contribution in [0.2, 0.25) is 0 Å². The molecule has 0 bridgehead atoms. The van der Waals surface area contributed by atoms with Crippen molar-refractivity contribution in [2.24, 2.45) is 0 Å². The van der Waals surface area contributed by atoms with Gasteiger partial charge in [-0.05, 0) is 49.7 Å². The highest BCUT2D eigenvalue weighted by Crippen LogP contribution is 2.31. The van der Waals surface area contributed by atoms with Gasteiger partial charge >= 0.3 is 5.69 Å². The second kappa shape index (κ2) is 10.6. The number of rotatable bonds is 9. The summed E-state index contributed by atoms with van der Waals surface area (Å²) in [4.78, 5) is 34.2. The summed E-state index contributed by atoms with van der Waals surface area (Å²) >= 11 is 0. The molecule has 3 aromatic carbocycles. The highest BCUT2D eigenvalue weighted by atomic mass is 16.6. The lowest BCUT2D eigenvalue weighted by Crippen LogP contribution is -2.11. The fourth-order valence-corrected chi connectivity index (χ4v) is 3.37. The number of carbonyl (C=O) groups excluding carboxylic acids is 1. The van der Waals surface area contributed by atoms with Crippen molar-refractivity contribution in [2.75, 3.05) is 5.32 Å². The molecule has 4 aromatic rings. The third kappa shape index (κ3) is 6.28. The number of hydrogen-bond acceptors (Lipinski definition) is 8. The average Bonchev–Trinajstić information content (AvgIpc) is 3.34. The Kier molecular flexibility index (Phi) is 7.14. The van der Waals surface area contributed by atoms with Crippen LogP contribution in [0.1, 0.15) is 27.4 Å². The van der Waals surface area contributed by atoms with Gasteiger partial charge in [0.25, 0.3) is 11.6 Å². The van der Waals surface area contributed by atoms with Gasteiger partial charge in [0.1, 0.15) is 23.9 Å². The number of nitrogens with zero attached hydrogens (tertiary/aromatic N) is 2. The van der Waals surface area contributed by atoms with Gasteiger partial charge in [-0.3, -0.25) is 25.0 Å². The van der Waals surface area contributed by atoms with Crippen LogP contribution in [0.4, 0.5) is 17.1 Å². The van der Waals surface area contributed by atoms with Gasteiger partial charge in [0.15, 0.2) is 11.5 Å². The number of aryl methyl sites for hydroxylation is 2. The summed E-state index contributed by atoms with van der Waals surface area (Å²) in [7, 11) is 0. The van der Waals surface area contributed by atoms with Crippen LogP contribution in [0.5, 0.6) is 17.2 Å². The van der Waals surface area contributed by atoms with Crippen LogP contribution in [-0.2, 0) is 6.61 Å². The molecule has 0 aliphatic rings. The molecule has 0 aliphatic heterocycles. The van der Waals surface area contributed by atoms with Gasteiger partial charge in [0.2, 0.25) is 0 Å². The fourth-order valence-electron chi connectivity index (χ4n) is 3.37. The van der Waals surface area contributed by atoms with Crippen molar-refractivity contribution in [1.82, 2.24) is 0 Å². The molecule has 0 atom stereocenters. The number of benzene rings is 3. The van der Waals surface area contributed by atoms with Crippen molar-refractivity contribution in [3.05, 3.63) is 116 Å². The fraction of sp³-hybridized carbons (Fsp3) is 0.115. The number of nitro benzene ring substituents is 2. The maximum atomic E-state index is 12.7. The second-order valence-electron chi connectivity index (χ2n) is 8.12. The molecule has 0 aliphatic carbocycles. The molecule has 1 aromatic heterocycles. The number of carbonyl (C=O) groups is 1. The first-order valence-electron chi connectivity index (χ1n) is 11.0. The van der Waals surface area contributed by atoms with E-state index in [-0.39, 0.29) is 46.7 Å². The number of anilines is 1. The quantitative estimate of drug-likeness (QED) is 0.206. The molecule has 0 fully saturated rings. The molecule has 188 valence electrons. The Bertz CT molecular complexity index is 1480. The van der Waals surface area contributed by atoms with E-state index in [4.69, 9.17) is 13.9 Å². The maximum Gasteiger partial charge on any atom is 0.311 e. The Balaban J connectivity index is 1.46. The SMILES string of the molecule is Cc1ccc(Oc2cc(NC(=O)c3ccc(COc4ccc(C)cc4[N+](=O)[O-])o3)cc([N+](=O)[O-])c2)cc1. The molecule has 0 radical (unpaired) electrons. The molecule has 0 spiro atoms. The van der Waals surface area contributed by atoms with Crippen LogP contribution in [0.25, 0.3) is 0 Å². The summed E-state index contributed by atoms with van der Waals surface area (Å²) < 4.78 is 16.7.